The summed E-state index contributed by atoms with van der Waals surface area (Å²) in [4.78, 5) is 16.1. The molecule has 0 bridgehead atoms. The fraction of sp³-hybridized carbons (Fsp3) is 0.611. The molecule has 0 unspecified atom stereocenters. The Labute approximate surface area is 146 Å². The second kappa shape index (κ2) is 6.49. The normalized spacial score (nSPS) is 27.4. The Morgan fingerprint density at radius 1 is 1.54 bits per heavy atom. The van der Waals surface area contributed by atoms with E-state index in [9.17, 15) is 15.0 Å². The van der Waals surface area contributed by atoms with Gasteiger partial charge in [0.15, 0.2) is 0 Å². The van der Waals surface area contributed by atoms with E-state index in [0.29, 0.717) is 19.8 Å². The molecule has 5 nitrogen and oxygen atoms in total. The molecule has 1 aromatic heterocycles. The van der Waals surface area contributed by atoms with Crippen LogP contribution in [0.2, 0.25) is 0 Å². The molecule has 0 aliphatic carbocycles. The summed E-state index contributed by atoms with van der Waals surface area (Å²) in [5.74, 6) is 5.23. The van der Waals surface area contributed by atoms with Crippen LogP contribution in [0.5, 0.6) is 0 Å². The summed E-state index contributed by atoms with van der Waals surface area (Å²) >= 11 is 1.60. The third kappa shape index (κ3) is 3.65. The molecule has 2 fully saturated rings. The molecule has 2 aliphatic rings. The van der Waals surface area contributed by atoms with Gasteiger partial charge >= 0.3 is 5.97 Å². The van der Waals surface area contributed by atoms with Crippen molar-refractivity contribution in [1.29, 1.82) is 0 Å². The van der Waals surface area contributed by atoms with Crippen LogP contribution in [0.25, 0.3) is 0 Å². The predicted molar refractivity (Wildman–Crippen MR) is 91.8 cm³/mol. The maximum absolute atomic E-state index is 11.8. The SMILES string of the molecule is CC(C)(O)C#Cc1ccc(CN2C[C@@H]3CCOC[C@]3(C(=O)O)C2)s1. The first-order valence-electron chi connectivity index (χ1n) is 8.16. The fourth-order valence-corrected chi connectivity index (χ4v) is 4.38. The summed E-state index contributed by atoms with van der Waals surface area (Å²) in [6.07, 6.45) is 0.815. The van der Waals surface area contributed by atoms with Gasteiger partial charge in [0.1, 0.15) is 11.0 Å². The van der Waals surface area contributed by atoms with Crippen molar-refractivity contribution in [3.8, 4) is 11.8 Å². The topological polar surface area (TPSA) is 70.0 Å². The van der Waals surface area contributed by atoms with Crippen LogP contribution in [0.4, 0.5) is 0 Å². The van der Waals surface area contributed by atoms with Crippen molar-refractivity contribution in [2.24, 2.45) is 11.3 Å². The highest BCUT2D eigenvalue weighted by atomic mass is 32.1. The van der Waals surface area contributed by atoms with E-state index in [1.807, 2.05) is 12.1 Å². The standard InChI is InChI=1S/C18H23NO4S/c1-17(2,22)7-5-14-3-4-15(24-14)10-19-9-13-6-8-23-12-18(13,11-19)16(20)21/h3-4,13,22H,6,8-12H2,1-2H3,(H,20,21)/t13-,18+/m0/s1. The van der Waals surface area contributed by atoms with Crippen LogP contribution >= 0.6 is 11.3 Å². The quantitative estimate of drug-likeness (QED) is 0.814. The van der Waals surface area contributed by atoms with E-state index in [0.717, 1.165) is 29.3 Å². The number of hydrogen-bond donors (Lipinski definition) is 2. The van der Waals surface area contributed by atoms with E-state index in [2.05, 4.69) is 16.7 Å². The van der Waals surface area contributed by atoms with Gasteiger partial charge in [0.2, 0.25) is 0 Å². The highest BCUT2D eigenvalue weighted by molar-refractivity contribution is 7.12. The van der Waals surface area contributed by atoms with Crippen LogP contribution < -0.4 is 0 Å². The van der Waals surface area contributed by atoms with Crippen molar-refractivity contribution >= 4 is 17.3 Å². The summed E-state index contributed by atoms with van der Waals surface area (Å²) in [6, 6.07) is 3.99. The minimum absolute atomic E-state index is 0.165. The Bertz CT molecular complexity index is 681. The number of fused-ring (bicyclic) bond motifs is 1. The van der Waals surface area contributed by atoms with E-state index >= 15 is 0 Å². The molecule has 1 aromatic rings. The van der Waals surface area contributed by atoms with Gasteiger partial charge in [0.25, 0.3) is 0 Å². The molecule has 0 amide bonds. The van der Waals surface area contributed by atoms with Crippen LogP contribution in [0.3, 0.4) is 0 Å². The number of aliphatic hydroxyl groups is 1. The second-order valence-electron chi connectivity index (χ2n) is 7.24. The van der Waals surface area contributed by atoms with E-state index in [-0.39, 0.29) is 5.92 Å². The number of aliphatic carboxylic acids is 1. The van der Waals surface area contributed by atoms with Crippen molar-refractivity contribution in [1.82, 2.24) is 4.90 Å². The van der Waals surface area contributed by atoms with Gasteiger partial charge in [-0.2, -0.15) is 0 Å². The number of hydrogen-bond acceptors (Lipinski definition) is 5. The molecule has 0 saturated carbocycles. The maximum Gasteiger partial charge on any atom is 0.313 e. The summed E-state index contributed by atoms with van der Waals surface area (Å²) in [5.41, 5.74) is -1.75. The highest BCUT2D eigenvalue weighted by Crippen LogP contribution is 2.42. The van der Waals surface area contributed by atoms with Crippen LogP contribution in [0.1, 0.15) is 30.0 Å². The third-order valence-corrected chi connectivity index (χ3v) is 5.68. The average Bonchev–Trinajstić information content (AvgIpc) is 3.09. The smallest absolute Gasteiger partial charge is 0.313 e. The van der Waals surface area contributed by atoms with Gasteiger partial charge in [-0.3, -0.25) is 9.69 Å². The zero-order valence-corrected chi connectivity index (χ0v) is 14.9. The average molecular weight is 349 g/mol. The lowest BCUT2D eigenvalue weighted by Crippen LogP contribution is -2.46. The second-order valence-corrected chi connectivity index (χ2v) is 8.41. The Morgan fingerprint density at radius 3 is 3.00 bits per heavy atom. The van der Waals surface area contributed by atoms with Crippen LogP contribution in [0.15, 0.2) is 12.1 Å². The molecule has 3 heterocycles. The summed E-state index contributed by atoms with van der Waals surface area (Å²) in [7, 11) is 0. The molecule has 130 valence electrons. The molecule has 0 radical (unpaired) electrons. The Hall–Kier alpha value is -1.39. The number of ether oxygens (including phenoxy) is 1. The van der Waals surface area contributed by atoms with Gasteiger partial charge in [-0.15, -0.1) is 11.3 Å². The first-order valence-corrected chi connectivity index (χ1v) is 8.98. The largest absolute Gasteiger partial charge is 0.481 e. The number of rotatable bonds is 3. The number of carbonyl (C=O) groups is 1. The molecule has 24 heavy (non-hydrogen) atoms. The molecular weight excluding hydrogens is 326 g/mol. The molecular formula is C18H23NO4S. The highest BCUT2D eigenvalue weighted by Gasteiger charge is 2.53. The Balaban J connectivity index is 1.68. The minimum Gasteiger partial charge on any atom is -0.481 e. The fourth-order valence-electron chi connectivity index (χ4n) is 3.48. The van der Waals surface area contributed by atoms with Gasteiger partial charge in [0, 0.05) is 31.1 Å². The number of carboxylic acids is 1. The lowest BCUT2D eigenvalue weighted by atomic mass is 9.76. The zero-order chi connectivity index (χ0) is 17.4. The lowest BCUT2D eigenvalue weighted by molar-refractivity contribution is -0.159. The molecule has 2 atom stereocenters. The molecule has 3 rings (SSSR count). The van der Waals surface area contributed by atoms with Gasteiger partial charge in [-0.1, -0.05) is 11.8 Å². The summed E-state index contributed by atoms with van der Waals surface area (Å²) < 4.78 is 5.47. The molecule has 0 aromatic carbocycles. The van der Waals surface area contributed by atoms with Crippen molar-refractivity contribution in [3.63, 3.8) is 0 Å². The van der Waals surface area contributed by atoms with E-state index < -0.39 is 17.0 Å². The van der Waals surface area contributed by atoms with Crippen LogP contribution in [-0.2, 0) is 16.1 Å². The Kier molecular flexibility index (Phi) is 4.71. The zero-order valence-electron chi connectivity index (χ0n) is 14.0. The third-order valence-electron chi connectivity index (χ3n) is 4.69. The monoisotopic (exact) mass is 349 g/mol. The summed E-state index contributed by atoms with van der Waals surface area (Å²) in [6.45, 7) is 6.37. The first kappa shape index (κ1) is 17.4. The number of nitrogens with zero attached hydrogens (tertiary/aromatic N) is 1. The van der Waals surface area contributed by atoms with Crippen LogP contribution in [-0.4, -0.2) is 53.0 Å². The Morgan fingerprint density at radius 2 is 2.33 bits per heavy atom. The number of carboxylic acid groups (broad SMARTS) is 1. The van der Waals surface area contributed by atoms with Gasteiger partial charge < -0.3 is 14.9 Å². The van der Waals surface area contributed by atoms with Crippen molar-refractivity contribution < 1.29 is 19.7 Å². The molecule has 0 spiro atoms. The minimum atomic E-state index is -0.997. The maximum atomic E-state index is 11.8. The predicted octanol–water partition coefficient (Wildman–Crippen LogP) is 1.79. The first-order chi connectivity index (χ1) is 11.3. The van der Waals surface area contributed by atoms with Gasteiger partial charge in [-0.05, 0) is 38.3 Å². The van der Waals surface area contributed by atoms with Crippen molar-refractivity contribution in [2.75, 3.05) is 26.3 Å². The molecule has 2 saturated heterocycles. The van der Waals surface area contributed by atoms with Crippen LogP contribution in [0, 0.1) is 23.2 Å². The lowest BCUT2D eigenvalue weighted by Gasteiger charge is -2.34. The van der Waals surface area contributed by atoms with Gasteiger partial charge in [0.05, 0.1) is 11.5 Å². The number of likely N-dealkylation sites (tertiary alicyclic amines) is 1. The van der Waals surface area contributed by atoms with Gasteiger partial charge in [-0.25, -0.2) is 0 Å². The van der Waals surface area contributed by atoms with Crippen molar-refractivity contribution in [2.45, 2.75) is 32.4 Å². The number of thiophene rings is 1. The van der Waals surface area contributed by atoms with E-state index in [1.54, 1.807) is 25.2 Å². The molecule has 2 aliphatic heterocycles. The molecule has 6 heteroatoms. The molecule has 2 N–H and O–H groups in total. The summed E-state index contributed by atoms with van der Waals surface area (Å²) in [5, 5.41) is 19.4. The van der Waals surface area contributed by atoms with E-state index in [4.69, 9.17) is 4.74 Å². The van der Waals surface area contributed by atoms with Crippen molar-refractivity contribution in [3.05, 3.63) is 21.9 Å². The van der Waals surface area contributed by atoms with E-state index in [1.165, 1.54) is 0 Å².